The first kappa shape index (κ1) is 23.3. The SMILES string of the molecule is CCN(CC)CCSCC(=O)NCC1=CCNCC1.Cl.Cl. The van der Waals surface area contributed by atoms with Gasteiger partial charge in [-0.25, -0.2) is 0 Å². The van der Waals surface area contributed by atoms with Crippen LogP contribution in [0.5, 0.6) is 0 Å². The molecule has 1 rings (SSSR count). The molecule has 0 atom stereocenters. The Morgan fingerprint density at radius 1 is 1.38 bits per heavy atom. The quantitative estimate of drug-likeness (QED) is 0.488. The van der Waals surface area contributed by atoms with Crippen LogP contribution in [0.3, 0.4) is 0 Å². The molecule has 1 heterocycles. The molecule has 0 saturated heterocycles. The number of thioether (sulfide) groups is 1. The molecular weight excluding hydrogens is 329 g/mol. The van der Waals surface area contributed by atoms with E-state index < -0.39 is 0 Å². The molecule has 0 fully saturated rings. The number of nitrogens with one attached hydrogen (secondary N) is 2. The molecular formula is C14H29Cl2N3OS. The first-order valence-electron chi connectivity index (χ1n) is 7.21. The predicted octanol–water partition coefficient (Wildman–Crippen LogP) is 1.94. The normalized spacial score (nSPS) is 14.0. The fourth-order valence-corrected chi connectivity index (χ4v) is 2.81. The average molecular weight is 358 g/mol. The van der Waals surface area contributed by atoms with E-state index >= 15 is 0 Å². The van der Waals surface area contributed by atoms with Gasteiger partial charge in [0.05, 0.1) is 5.75 Å². The molecule has 0 saturated carbocycles. The van der Waals surface area contributed by atoms with Crippen molar-refractivity contribution in [1.29, 1.82) is 0 Å². The Morgan fingerprint density at radius 2 is 2.10 bits per heavy atom. The zero-order valence-corrected chi connectivity index (χ0v) is 15.5. The van der Waals surface area contributed by atoms with Crippen molar-refractivity contribution >= 4 is 42.5 Å². The summed E-state index contributed by atoms with van der Waals surface area (Å²) in [4.78, 5) is 14.1. The molecule has 0 spiro atoms. The van der Waals surface area contributed by atoms with Crippen molar-refractivity contribution in [3.8, 4) is 0 Å². The van der Waals surface area contributed by atoms with Crippen LogP contribution >= 0.6 is 36.6 Å². The summed E-state index contributed by atoms with van der Waals surface area (Å²) in [5, 5.41) is 6.27. The summed E-state index contributed by atoms with van der Waals surface area (Å²) in [6.07, 6.45) is 3.23. The Hall–Kier alpha value is 0.0600. The second-order valence-corrected chi connectivity index (χ2v) is 5.78. The van der Waals surface area contributed by atoms with E-state index in [9.17, 15) is 4.79 Å². The van der Waals surface area contributed by atoms with Gasteiger partial charge in [0.1, 0.15) is 0 Å². The molecule has 1 aliphatic rings. The zero-order valence-electron chi connectivity index (χ0n) is 13.0. The van der Waals surface area contributed by atoms with Gasteiger partial charge in [0.25, 0.3) is 0 Å². The fourth-order valence-electron chi connectivity index (χ4n) is 1.99. The lowest BCUT2D eigenvalue weighted by Crippen LogP contribution is -2.31. The van der Waals surface area contributed by atoms with Gasteiger partial charge in [-0.15, -0.1) is 24.8 Å². The van der Waals surface area contributed by atoms with Crippen LogP contribution in [-0.4, -0.2) is 61.6 Å². The molecule has 4 nitrogen and oxygen atoms in total. The standard InChI is InChI=1S/C14H27N3OS.2ClH/c1-3-17(4-2)9-10-19-12-14(18)16-11-13-5-7-15-8-6-13;;/h5,15H,3-4,6-12H2,1-2H3,(H,16,18);2*1H. The minimum absolute atomic E-state index is 0. The predicted molar refractivity (Wildman–Crippen MR) is 98.2 cm³/mol. The van der Waals surface area contributed by atoms with E-state index in [0.717, 1.165) is 51.4 Å². The third-order valence-corrected chi connectivity index (χ3v) is 4.29. The molecule has 0 aromatic rings. The van der Waals surface area contributed by atoms with E-state index in [4.69, 9.17) is 0 Å². The van der Waals surface area contributed by atoms with E-state index in [1.54, 1.807) is 11.8 Å². The highest BCUT2D eigenvalue weighted by Gasteiger charge is 2.06. The smallest absolute Gasteiger partial charge is 0.230 e. The first-order valence-corrected chi connectivity index (χ1v) is 8.37. The third kappa shape index (κ3) is 11.3. The molecule has 0 aliphatic carbocycles. The summed E-state index contributed by atoms with van der Waals surface area (Å²) in [6.45, 7) is 10.3. The summed E-state index contributed by atoms with van der Waals surface area (Å²) in [5.41, 5.74) is 1.35. The number of hydrogen-bond donors (Lipinski definition) is 2. The van der Waals surface area contributed by atoms with Gasteiger partial charge in [0.2, 0.25) is 5.91 Å². The fraction of sp³-hybridized carbons (Fsp3) is 0.786. The first-order chi connectivity index (χ1) is 9.26. The molecule has 126 valence electrons. The number of hydrogen-bond acceptors (Lipinski definition) is 4. The molecule has 2 N–H and O–H groups in total. The molecule has 1 amide bonds. The number of carbonyl (C=O) groups excluding carboxylic acids is 1. The van der Waals surface area contributed by atoms with Gasteiger partial charge in [-0.2, -0.15) is 11.8 Å². The average Bonchev–Trinajstić information content (AvgIpc) is 2.46. The summed E-state index contributed by atoms with van der Waals surface area (Å²) in [6, 6.07) is 0. The summed E-state index contributed by atoms with van der Waals surface area (Å²) in [5.74, 6) is 1.76. The molecule has 0 radical (unpaired) electrons. The monoisotopic (exact) mass is 357 g/mol. The van der Waals surface area contributed by atoms with Gasteiger partial charge >= 0.3 is 0 Å². The highest BCUT2D eigenvalue weighted by Crippen LogP contribution is 2.04. The van der Waals surface area contributed by atoms with Gasteiger partial charge in [0, 0.05) is 25.4 Å². The van der Waals surface area contributed by atoms with Gasteiger partial charge in [-0.3, -0.25) is 4.79 Å². The van der Waals surface area contributed by atoms with Crippen molar-refractivity contribution in [3.63, 3.8) is 0 Å². The Balaban J connectivity index is 0. The molecule has 1 aliphatic heterocycles. The molecule has 0 aromatic carbocycles. The lowest BCUT2D eigenvalue weighted by Gasteiger charge is -2.17. The zero-order chi connectivity index (χ0) is 13.9. The van der Waals surface area contributed by atoms with Crippen molar-refractivity contribution in [2.45, 2.75) is 20.3 Å². The topological polar surface area (TPSA) is 44.4 Å². The minimum Gasteiger partial charge on any atom is -0.352 e. The van der Waals surface area contributed by atoms with E-state index in [0.29, 0.717) is 5.75 Å². The van der Waals surface area contributed by atoms with Crippen LogP contribution in [-0.2, 0) is 4.79 Å². The molecule has 21 heavy (non-hydrogen) atoms. The Kier molecular flexibility index (Phi) is 16.6. The van der Waals surface area contributed by atoms with Crippen LogP contribution in [0.1, 0.15) is 20.3 Å². The van der Waals surface area contributed by atoms with Crippen LogP contribution in [0.2, 0.25) is 0 Å². The largest absolute Gasteiger partial charge is 0.352 e. The van der Waals surface area contributed by atoms with Crippen molar-refractivity contribution in [2.75, 3.05) is 50.8 Å². The van der Waals surface area contributed by atoms with E-state index in [-0.39, 0.29) is 30.7 Å². The van der Waals surface area contributed by atoms with Gasteiger partial charge in [0.15, 0.2) is 0 Å². The van der Waals surface area contributed by atoms with Crippen LogP contribution in [0.15, 0.2) is 11.6 Å². The Bertz CT molecular complexity index is 300. The van der Waals surface area contributed by atoms with Crippen molar-refractivity contribution in [1.82, 2.24) is 15.5 Å². The van der Waals surface area contributed by atoms with Crippen molar-refractivity contribution in [2.24, 2.45) is 0 Å². The van der Waals surface area contributed by atoms with Crippen LogP contribution in [0, 0.1) is 0 Å². The molecule has 0 aromatic heterocycles. The highest BCUT2D eigenvalue weighted by atomic mass is 35.5. The van der Waals surface area contributed by atoms with E-state index in [2.05, 4.69) is 35.5 Å². The van der Waals surface area contributed by atoms with Crippen LogP contribution in [0.25, 0.3) is 0 Å². The summed E-state index contributed by atoms with van der Waals surface area (Å²) in [7, 11) is 0. The molecule has 7 heteroatoms. The number of nitrogens with zero attached hydrogens (tertiary/aromatic N) is 1. The second kappa shape index (κ2) is 15.0. The van der Waals surface area contributed by atoms with Gasteiger partial charge in [-0.1, -0.05) is 25.5 Å². The minimum atomic E-state index is 0. The maximum atomic E-state index is 11.7. The Morgan fingerprint density at radius 3 is 2.67 bits per heavy atom. The Labute approximate surface area is 145 Å². The number of amides is 1. The van der Waals surface area contributed by atoms with Crippen LogP contribution in [0.4, 0.5) is 0 Å². The van der Waals surface area contributed by atoms with E-state index in [1.165, 1.54) is 5.57 Å². The number of rotatable bonds is 9. The lowest BCUT2D eigenvalue weighted by molar-refractivity contribution is -0.118. The van der Waals surface area contributed by atoms with Crippen molar-refractivity contribution in [3.05, 3.63) is 11.6 Å². The number of halogens is 2. The van der Waals surface area contributed by atoms with E-state index in [1.807, 2.05) is 0 Å². The van der Waals surface area contributed by atoms with Gasteiger partial charge < -0.3 is 15.5 Å². The molecule has 0 bridgehead atoms. The summed E-state index contributed by atoms with van der Waals surface area (Å²) >= 11 is 1.72. The summed E-state index contributed by atoms with van der Waals surface area (Å²) < 4.78 is 0. The lowest BCUT2D eigenvalue weighted by atomic mass is 10.1. The maximum absolute atomic E-state index is 11.7. The van der Waals surface area contributed by atoms with Crippen LogP contribution < -0.4 is 10.6 Å². The second-order valence-electron chi connectivity index (χ2n) is 4.67. The molecule has 0 unspecified atom stereocenters. The highest BCUT2D eigenvalue weighted by molar-refractivity contribution is 7.99. The maximum Gasteiger partial charge on any atom is 0.230 e. The van der Waals surface area contributed by atoms with Crippen molar-refractivity contribution < 1.29 is 4.79 Å². The number of carbonyl (C=O) groups is 1. The van der Waals surface area contributed by atoms with Gasteiger partial charge in [-0.05, 0) is 26.1 Å². The third-order valence-electron chi connectivity index (χ3n) is 3.35.